The first-order valence-corrected chi connectivity index (χ1v) is 16.9. The van der Waals surface area contributed by atoms with Crippen molar-refractivity contribution in [2.24, 2.45) is 0 Å². The fourth-order valence-corrected chi connectivity index (χ4v) is 7.51. The Kier molecular flexibility index (Phi) is 9.89. The van der Waals surface area contributed by atoms with Gasteiger partial charge in [-0.2, -0.15) is 0 Å². The number of amides is 2. The number of aromatic carboxylic acids is 1. The summed E-state index contributed by atoms with van der Waals surface area (Å²) in [5.41, 5.74) is 4.35. The molecule has 0 aliphatic carbocycles. The molecular formula is C39H30N2O6S2. The number of methoxy groups -OCH3 is 1. The molecule has 10 heteroatoms. The smallest absolute Gasteiger partial charge is 0.341 e. The fourth-order valence-electron chi connectivity index (χ4n) is 5.47. The molecule has 1 atom stereocenters. The molecule has 0 bridgehead atoms. The van der Waals surface area contributed by atoms with Crippen molar-refractivity contribution in [2.45, 2.75) is 17.1 Å². The molecule has 1 unspecified atom stereocenters. The molecular weight excluding hydrogens is 657 g/mol. The van der Waals surface area contributed by atoms with E-state index in [1.165, 1.54) is 36.3 Å². The van der Waals surface area contributed by atoms with Crippen LogP contribution in [0.1, 0.15) is 47.5 Å². The van der Waals surface area contributed by atoms with Gasteiger partial charge in [0.1, 0.15) is 15.8 Å². The lowest BCUT2D eigenvalue weighted by atomic mass is 9.98. The van der Waals surface area contributed by atoms with Gasteiger partial charge in [0.15, 0.2) is 0 Å². The summed E-state index contributed by atoms with van der Waals surface area (Å²) in [6.07, 6.45) is 0. The molecule has 0 saturated heterocycles. The van der Waals surface area contributed by atoms with Crippen molar-refractivity contribution < 1.29 is 29.0 Å². The molecule has 244 valence electrons. The highest BCUT2D eigenvalue weighted by Crippen LogP contribution is 2.40. The Labute approximate surface area is 290 Å². The van der Waals surface area contributed by atoms with E-state index in [1.54, 1.807) is 48.5 Å². The molecule has 49 heavy (non-hydrogen) atoms. The topological polar surface area (TPSA) is 122 Å². The summed E-state index contributed by atoms with van der Waals surface area (Å²) in [5, 5.41) is 18.1. The quantitative estimate of drug-likeness (QED) is 0.0971. The predicted octanol–water partition coefficient (Wildman–Crippen LogP) is 9.09. The number of carboxylic acids is 1. The van der Waals surface area contributed by atoms with Crippen molar-refractivity contribution >= 4 is 68.3 Å². The van der Waals surface area contributed by atoms with E-state index in [2.05, 4.69) is 10.6 Å². The van der Waals surface area contributed by atoms with Crippen LogP contribution >= 0.6 is 23.1 Å². The van der Waals surface area contributed by atoms with Crippen molar-refractivity contribution in [3.8, 4) is 11.1 Å². The van der Waals surface area contributed by atoms with E-state index in [-0.39, 0.29) is 22.6 Å². The van der Waals surface area contributed by atoms with Gasteiger partial charge in [-0.1, -0.05) is 90.5 Å². The van der Waals surface area contributed by atoms with Crippen LogP contribution in [0, 0.1) is 6.92 Å². The lowest BCUT2D eigenvalue weighted by Gasteiger charge is -2.18. The number of nitrogens with one attached hydrogen (secondary N) is 2. The van der Waals surface area contributed by atoms with Gasteiger partial charge in [-0.3, -0.25) is 9.59 Å². The number of aryl methyl sites for hydroxylation is 1. The van der Waals surface area contributed by atoms with E-state index >= 15 is 0 Å². The maximum atomic E-state index is 14.0. The third-order valence-corrected chi connectivity index (χ3v) is 9.99. The fraction of sp³-hybridized carbons (Fsp3) is 0.0769. The molecule has 6 rings (SSSR count). The third-order valence-electron chi connectivity index (χ3n) is 7.85. The Morgan fingerprint density at radius 3 is 2.18 bits per heavy atom. The highest BCUT2D eigenvalue weighted by atomic mass is 32.2. The average Bonchev–Trinajstić information content (AvgIpc) is 3.53. The van der Waals surface area contributed by atoms with Gasteiger partial charge in [0.2, 0.25) is 5.91 Å². The van der Waals surface area contributed by atoms with Crippen LogP contribution in [-0.4, -0.2) is 36.0 Å². The first kappa shape index (κ1) is 33.2. The highest BCUT2D eigenvalue weighted by Gasteiger charge is 2.27. The molecule has 1 aromatic heterocycles. The lowest BCUT2D eigenvalue weighted by molar-refractivity contribution is -0.115. The summed E-state index contributed by atoms with van der Waals surface area (Å²) in [6.45, 7) is 1.98. The summed E-state index contributed by atoms with van der Waals surface area (Å²) in [7, 11) is 1.31. The van der Waals surface area contributed by atoms with Crippen LogP contribution in [0.4, 0.5) is 10.7 Å². The number of hydrogen-bond acceptors (Lipinski definition) is 7. The van der Waals surface area contributed by atoms with Crippen LogP contribution < -0.4 is 10.6 Å². The largest absolute Gasteiger partial charge is 0.478 e. The van der Waals surface area contributed by atoms with Crippen molar-refractivity contribution in [3.63, 3.8) is 0 Å². The zero-order chi connectivity index (χ0) is 34.5. The zero-order valence-electron chi connectivity index (χ0n) is 26.4. The highest BCUT2D eigenvalue weighted by molar-refractivity contribution is 8.00. The molecule has 2 amide bonds. The second kappa shape index (κ2) is 14.6. The molecule has 1 heterocycles. The lowest BCUT2D eigenvalue weighted by Crippen LogP contribution is -2.20. The molecule has 0 spiro atoms. The number of fused-ring (bicyclic) bond motifs is 1. The Morgan fingerprint density at radius 1 is 0.796 bits per heavy atom. The van der Waals surface area contributed by atoms with E-state index in [0.717, 1.165) is 16.7 Å². The van der Waals surface area contributed by atoms with Gasteiger partial charge in [0, 0.05) is 32.5 Å². The van der Waals surface area contributed by atoms with Gasteiger partial charge >= 0.3 is 11.9 Å². The molecule has 6 aromatic rings. The summed E-state index contributed by atoms with van der Waals surface area (Å²) >= 11 is 2.54. The minimum atomic E-state index is -1.12. The molecule has 8 nitrogen and oxygen atoms in total. The van der Waals surface area contributed by atoms with Gasteiger partial charge in [-0.05, 0) is 53.8 Å². The Hall–Kier alpha value is -5.71. The maximum Gasteiger partial charge on any atom is 0.341 e. The molecule has 0 saturated carbocycles. The number of carbonyl (C=O) groups excluding carboxylic acids is 3. The minimum Gasteiger partial charge on any atom is -0.478 e. The molecule has 0 aliphatic heterocycles. The second-order valence-corrected chi connectivity index (χ2v) is 13.2. The standard InChI is InChI=1S/C39H30N2O6S2/c1-23-17-19-24(20-18-23)31-22-48-37(33(31)39(46)47-2)41-36(43)34(26-9-4-3-5-10-26)49-28-14-8-13-27(21-28)40-35(42)29-15-6-11-25-12-7-16-30(32(25)29)38(44)45/h3-22,34H,1-2H3,(H,40,42)(H,41,43)(H,44,45). The number of thioether (sulfide) groups is 1. The van der Waals surface area contributed by atoms with Crippen LogP contribution in [0.15, 0.2) is 126 Å². The number of esters is 1. The molecule has 3 N–H and O–H groups in total. The SMILES string of the molecule is COC(=O)c1c(-c2ccc(C)cc2)csc1NC(=O)C(Sc1cccc(NC(=O)c2cccc3cccc(C(=O)O)c23)c1)c1ccccc1. The minimum absolute atomic E-state index is 0.0383. The van der Waals surface area contributed by atoms with Gasteiger partial charge in [0.05, 0.1) is 12.7 Å². The number of carbonyl (C=O) groups is 4. The Morgan fingerprint density at radius 2 is 1.49 bits per heavy atom. The number of thiophene rings is 1. The number of hydrogen-bond donors (Lipinski definition) is 3. The van der Waals surface area contributed by atoms with Crippen molar-refractivity contribution in [1.82, 2.24) is 0 Å². The van der Waals surface area contributed by atoms with Crippen LogP contribution in [-0.2, 0) is 9.53 Å². The Balaban J connectivity index is 1.28. The van der Waals surface area contributed by atoms with Crippen LogP contribution in [0.3, 0.4) is 0 Å². The molecule has 0 radical (unpaired) electrons. The number of benzene rings is 5. The number of ether oxygens (including phenoxy) is 1. The van der Waals surface area contributed by atoms with Crippen LogP contribution in [0.2, 0.25) is 0 Å². The van der Waals surface area contributed by atoms with Gasteiger partial charge in [-0.15, -0.1) is 23.1 Å². The van der Waals surface area contributed by atoms with Crippen LogP contribution in [0.25, 0.3) is 21.9 Å². The summed E-state index contributed by atoms with van der Waals surface area (Å²) in [5.74, 6) is -2.48. The predicted molar refractivity (Wildman–Crippen MR) is 195 cm³/mol. The van der Waals surface area contributed by atoms with Gasteiger partial charge in [0.25, 0.3) is 5.91 Å². The normalized spacial score (nSPS) is 11.5. The molecule has 5 aromatic carbocycles. The summed E-state index contributed by atoms with van der Waals surface area (Å²) in [6, 6.07) is 34.1. The number of anilines is 2. The van der Waals surface area contributed by atoms with E-state index in [9.17, 15) is 24.3 Å². The summed E-state index contributed by atoms with van der Waals surface area (Å²) < 4.78 is 5.11. The molecule has 0 fully saturated rings. The number of carboxylic acid groups (broad SMARTS) is 1. The number of rotatable bonds is 10. The summed E-state index contributed by atoms with van der Waals surface area (Å²) in [4.78, 5) is 53.1. The molecule has 0 aliphatic rings. The zero-order valence-corrected chi connectivity index (χ0v) is 28.1. The monoisotopic (exact) mass is 686 g/mol. The van der Waals surface area contributed by atoms with E-state index in [0.29, 0.717) is 31.9 Å². The maximum absolute atomic E-state index is 14.0. The van der Waals surface area contributed by atoms with Crippen molar-refractivity contribution in [3.05, 3.63) is 148 Å². The van der Waals surface area contributed by atoms with Crippen LogP contribution in [0.5, 0.6) is 0 Å². The average molecular weight is 687 g/mol. The van der Waals surface area contributed by atoms with Gasteiger partial charge < -0.3 is 20.5 Å². The van der Waals surface area contributed by atoms with Gasteiger partial charge in [-0.25, -0.2) is 9.59 Å². The van der Waals surface area contributed by atoms with E-state index in [1.807, 2.05) is 73.0 Å². The van der Waals surface area contributed by atoms with Crippen molar-refractivity contribution in [1.29, 1.82) is 0 Å². The van der Waals surface area contributed by atoms with E-state index in [4.69, 9.17) is 4.74 Å². The second-order valence-electron chi connectivity index (χ2n) is 11.1. The first-order valence-electron chi connectivity index (χ1n) is 15.2. The van der Waals surface area contributed by atoms with Crippen molar-refractivity contribution in [2.75, 3.05) is 17.7 Å². The van der Waals surface area contributed by atoms with E-state index < -0.39 is 23.1 Å². The first-order chi connectivity index (χ1) is 23.7. The third kappa shape index (κ3) is 7.25. The Bertz CT molecular complexity index is 2190.